The Hall–Kier alpha value is -0.850. The number of rotatable bonds is 2. The zero-order chi connectivity index (χ0) is 15.3. The van der Waals surface area contributed by atoms with Gasteiger partial charge in [0.25, 0.3) is 0 Å². The lowest BCUT2D eigenvalue weighted by Gasteiger charge is -2.34. The molecule has 3 nitrogen and oxygen atoms in total. The monoisotopic (exact) mass is 389 g/mol. The highest BCUT2D eigenvalue weighted by atomic mass is 127. The van der Waals surface area contributed by atoms with Crippen molar-refractivity contribution in [1.82, 2.24) is 9.55 Å². The van der Waals surface area contributed by atoms with Gasteiger partial charge in [0, 0.05) is 11.6 Å². The standard InChI is InChI=1S/C15H21FIN3/c1-14(2,3)8-15(4,5)20-12-6-9(16)10(17)7-11(12)19-13(20)18/h6-7H,8H2,1-5H3,(H2,18,19). The number of aromatic nitrogens is 2. The Morgan fingerprint density at radius 2 is 1.85 bits per heavy atom. The summed E-state index contributed by atoms with van der Waals surface area (Å²) in [5.41, 5.74) is 7.51. The van der Waals surface area contributed by atoms with E-state index in [0.29, 0.717) is 9.52 Å². The van der Waals surface area contributed by atoms with Gasteiger partial charge >= 0.3 is 0 Å². The van der Waals surface area contributed by atoms with E-state index in [4.69, 9.17) is 5.73 Å². The Bertz CT molecular complexity index is 653. The molecule has 0 saturated heterocycles. The Labute approximate surface area is 132 Å². The van der Waals surface area contributed by atoms with Crippen LogP contribution >= 0.6 is 22.6 Å². The molecule has 2 N–H and O–H groups in total. The van der Waals surface area contributed by atoms with Crippen LogP contribution in [-0.4, -0.2) is 9.55 Å². The quantitative estimate of drug-likeness (QED) is 0.767. The van der Waals surface area contributed by atoms with Crippen molar-refractivity contribution in [3.63, 3.8) is 0 Å². The largest absolute Gasteiger partial charge is 0.369 e. The average molecular weight is 389 g/mol. The fourth-order valence-corrected chi connectivity index (χ4v) is 3.56. The second-order valence-corrected chi connectivity index (χ2v) is 8.27. The third kappa shape index (κ3) is 2.92. The van der Waals surface area contributed by atoms with Gasteiger partial charge in [0.2, 0.25) is 5.95 Å². The van der Waals surface area contributed by atoms with E-state index in [9.17, 15) is 4.39 Å². The minimum Gasteiger partial charge on any atom is -0.369 e. The Balaban J connectivity index is 2.64. The second-order valence-electron chi connectivity index (χ2n) is 7.11. The fraction of sp³-hybridized carbons (Fsp3) is 0.533. The van der Waals surface area contributed by atoms with Crippen LogP contribution in [-0.2, 0) is 5.54 Å². The first kappa shape index (κ1) is 15.5. The number of nitrogen functional groups attached to an aromatic ring is 1. The molecule has 0 aliphatic rings. The van der Waals surface area contributed by atoms with Crippen molar-refractivity contribution >= 4 is 39.6 Å². The lowest BCUT2D eigenvalue weighted by molar-refractivity contribution is 0.222. The Morgan fingerprint density at radius 1 is 1.25 bits per heavy atom. The second kappa shape index (κ2) is 4.86. The maximum Gasteiger partial charge on any atom is 0.201 e. The zero-order valence-electron chi connectivity index (χ0n) is 12.6. The van der Waals surface area contributed by atoms with Crippen molar-refractivity contribution in [1.29, 1.82) is 0 Å². The summed E-state index contributed by atoms with van der Waals surface area (Å²) in [6.07, 6.45) is 0.920. The molecule has 5 heteroatoms. The van der Waals surface area contributed by atoms with Gasteiger partial charge in [-0.05, 0) is 54.3 Å². The van der Waals surface area contributed by atoms with Crippen molar-refractivity contribution in [3.05, 3.63) is 21.5 Å². The molecule has 0 saturated carbocycles. The van der Waals surface area contributed by atoms with Gasteiger partial charge in [-0.25, -0.2) is 9.37 Å². The summed E-state index contributed by atoms with van der Waals surface area (Å²) in [4.78, 5) is 4.38. The number of benzene rings is 1. The molecule has 0 spiro atoms. The first-order valence-corrected chi connectivity index (χ1v) is 7.73. The first-order valence-electron chi connectivity index (χ1n) is 6.65. The normalized spacial score (nSPS) is 13.2. The SMILES string of the molecule is CC(C)(C)CC(C)(C)n1c(N)nc2cc(I)c(F)cc21. The summed E-state index contributed by atoms with van der Waals surface area (Å²) in [5.74, 6) is 0.210. The van der Waals surface area contributed by atoms with Gasteiger partial charge in [0.1, 0.15) is 5.82 Å². The van der Waals surface area contributed by atoms with E-state index >= 15 is 0 Å². The Kier molecular flexibility index (Phi) is 3.77. The molecule has 0 unspecified atom stereocenters. The number of nitrogens with zero attached hydrogens (tertiary/aromatic N) is 2. The van der Waals surface area contributed by atoms with Crippen molar-refractivity contribution in [2.45, 2.75) is 46.6 Å². The van der Waals surface area contributed by atoms with E-state index in [2.05, 4.69) is 39.6 Å². The van der Waals surface area contributed by atoms with Crippen LogP contribution < -0.4 is 5.73 Å². The highest BCUT2D eigenvalue weighted by Crippen LogP contribution is 2.36. The molecule has 110 valence electrons. The molecule has 0 aliphatic carbocycles. The van der Waals surface area contributed by atoms with E-state index in [0.717, 1.165) is 17.5 Å². The fourth-order valence-electron chi connectivity index (χ4n) is 3.10. The minimum absolute atomic E-state index is 0.147. The van der Waals surface area contributed by atoms with Gasteiger partial charge < -0.3 is 10.3 Å². The smallest absolute Gasteiger partial charge is 0.201 e. The summed E-state index contributed by atoms with van der Waals surface area (Å²) in [6.45, 7) is 10.8. The summed E-state index contributed by atoms with van der Waals surface area (Å²) < 4.78 is 16.4. The maximum absolute atomic E-state index is 13.9. The molecule has 0 aliphatic heterocycles. The molecule has 1 heterocycles. The highest BCUT2D eigenvalue weighted by molar-refractivity contribution is 14.1. The van der Waals surface area contributed by atoms with E-state index in [1.165, 1.54) is 6.07 Å². The molecule has 2 rings (SSSR count). The Morgan fingerprint density at radius 3 is 2.40 bits per heavy atom. The van der Waals surface area contributed by atoms with Gasteiger partial charge in [-0.1, -0.05) is 20.8 Å². The molecule has 1 aromatic carbocycles. The molecule has 20 heavy (non-hydrogen) atoms. The number of hydrogen-bond acceptors (Lipinski definition) is 2. The van der Waals surface area contributed by atoms with Gasteiger partial charge in [0.05, 0.1) is 14.6 Å². The summed E-state index contributed by atoms with van der Waals surface area (Å²) >= 11 is 1.97. The molecule has 0 fully saturated rings. The molecule has 0 atom stereocenters. The lowest BCUT2D eigenvalue weighted by Crippen LogP contribution is -2.32. The van der Waals surface area contributed by atoms with Gasteiger partial charge in [-0.15, -0.1) is 0 Å². The third-order valence-electron chi connectivity index (χ3n) is 3.29. The van der Waals surface area contributed by atoms with E-state index in [1.54, 1.807) is 6.07 Å². The lowest BCUT2D eigenvalue weighted by atomic mass is 9.81. The van der Waals surface area contributed by atoms with Crippen LogP contribution in [0, 0.1) is 14.8 Å². The molecule has 0 radical (unpaired) electrons. The number of imidazole rings is 1. The minimum atomic E-state index is -0.231. The summed E-state index contributed by atoms with van der Waals surface area (Å²) in [5, 5.41) is 0. The number of nitrogens with two attached hydrogens (primary N) is 1. The zero-order valence-corrected chi connectivity index (χ0v) is 14.7. The van der Waals surface area contributed by atoms with Crippen molar-refractivity contribution < 1.29 is 4.39 Å². The summed E-state index contributed by atoms with van der Waals surface area (Å²) in [6, 6.07) is 3.27. The number of anilines is 1. The van der Waals surface area contributed by atoms with Crippen LogP contribution in [0.4, 0.5) is 10.3 Å². The van der Waals surface area contributed by atoms with Crippen LogP contribution in [0.5, 0.6) is 0 Å². The molecule has 0 amide bonds. The summed E-state index contributed by atoms with van der Waals surface area (Å²) in [7, 11) is 0. The average Bonchev–Trinajstić information content (AvgIpc) is 2.51. The van der Waals surface area contributed by atoms with E-state index < -0.39 is 0 Å². The van der Waals surface area contributed by atoms with Gasteiger partial charge in [0.15, 0.2) is 0 Å². The molecular weight excluding hydrogens is 368 g/mol. The highest BCUT2D eigenvalue weighted by Gasteiger charge is 2.30. The van der Waals surface area contributed by atoms with Crippen molar-refractivity contribution in [3.8, 4) is 0 Å². The topological polar surface area (TPSA) is 43.8 Å². The molecular formula is C15H21FIN3. The van der Waals surface area contributed by atoms with E-state index in [-0.39, 0.29) is 16.8 Å². The predicted molar refractivity (Wildman–Crippen MR) is 90.2 cm³/mol. The van der Waals surface area contributed by atoms with Crippen LogP contribution in [0.3, 0.4) is 0 Å². The van der Waals surface area contributed by atoms with E-state index in [1.807, 2.05) is 27.2 Å². The van der Waals surface area contributed by atoms with Gasteiger partial charge in [-0.3, -0.25) is 0 Å². The van der Waals surface area contributed by atoms with Crippen LogP contribution in [0.15, 0.2) is 12.1 Å². The molecule has 1 aromatic heterocycles. The number of fused-ring (bicyclic) bond motifs is 1. The van der Waals surface area contributed by atoms with Gasteiger partial charge in [-0.2, -0.15) is 0 Å². The van der Waals surface area contributed by atoms with Crippen LogP contribution in [0.25, 0.3) is 11.0 Å². The maximum atomic E-state index is 13.9. The number of hydrogen-bond donors (Lipinski definition) is 1. The van der Waals surface area contributed by atoms with Crippen LogP contribution in [0.1, 0.15) is 41.0 Å². The number of halogens is 2. The van der Waals surface area contributed by atoms with Crippen molar-refractivity contribution in [2.75, 3.05) is 5.73 Å². The molecule has 2 aromatic rings. The predicted octanol–water partition coefficient (Wildman–Crippen LogP) is 4.53. The van der Waals surface area contributed by atoms with Crippen LogP contribution in [0.2, 0.25) is 0 Å². The first-order chi connectivity index (χ1) is 9.01. The molecule has 0 bridgehead atoms. The van der Waals surface area contributed by atoms with Crippen molar-refractivity contribution in [2.24, 2.45) is 5.41 Å². The third-order valence-corrected chi connectivity index (χ3v) is 4.12.